The molecule has 0 heterocycles. The van der Waals surface area contributed by atoms with Crippen LogP contribution < -0.4 is 14.8 Å². The summed E-state index contributed by atoms with van der Waals surface area (Å²) in [5, 5.41) is 3.66. The zero-order valence-electron chi connectivity index (χ0n) is 14.5. The fraction of sp³-hybridized carbons (Fsp3) is 0.0952. The van der Waals surface area contributed by atoms with Crippen LogP contribution in [-0.2, 0) is 6.61 Å². The van der Waals surface area contributed by atoms with Gasteiger partial charge in [-0.25, -0.2) is 0 Å². The van der Waals surface area contributed by atoms with Gasteiger partial charge in [0, 0.05) is 16.1 Å². The van der Waals surface area contributed by atoms with E-state index in [1.165, 1.54) is 0 Å². The average molecular weight is 402 g/mol. The van der Waals surface area contributed by atoms with Gasteiger partial charge in [-0.05, 0) is 48.5 Å². The van der Waals surface area contributed by atoms with Crippen molar-refractivity contribution < 1.29 is 14.3 Å². The Hall–Kier alpha value is -2.69. The monoisotopic (exact) mass is 401 g/mol. The predicted octanol–water partition coefficient (Wildman–Crippen LogP) is 5.83. The predicted molar refractivity (Wildman–Crippen MR) is 108 cm³/mol. The van der Waals surface area contributed by atoms with Crippen LogP contribution in [0.5, 0.6) is 11.5 Å². The van der Waals surface area contributed by atoms with E-state index < -0.39 is 0 Å². The van der Waals surface area contributed by atoms with E-state index in [0.717, 1.165) is 11.3 Å². The molecule has 0 spiro atoms. The first kappa shape index (κ1) is 19.1. The highest BCUT2D eigenvalue weighted by molar-refractivity contribution is 6.36. The highest BCUT2D eigenvalue weighted by Crippen LogP contribution is 2.27. The molecule has 1 N–H and O–H groups in total. The molecule has 3 aromatic rings. The van der Waals surface area contributed by atoms with E-state index in [-0.39, 0.29) is 12.5 Å². The van der Waals surface area contributed by atoms with Crippen LogP contribution in [0.1, 0.15) is 15.9 Å². The second-order valence-corrected chi connectivity index (χ2v) is 6.55. The van der Waals surface area contributed by atoms with E-state index in [2.05, 4.69) is 5.32 Å². The minimum absolute atomic E-state index is 0.274. The molecule has 0 fully saturated rings. The molecule has 0 aromatic heterocycles. The number of benzene rings is 3. The van der Waals surface area contributed by atoms with Crippen molar-refractivity contribution in [1.29, 1.82) is 0 Å². The van der Waals surface area contributed by atoms with Crippen LogP contribution >= 0.6 is 23.2 Å². The maximum absolute atomic E-state index is 12.6. The van der Waals surface area contributed by atoms with Crippen LogP contribution in [0.25, 0.3) is 0 Å². The maximum Gasteiger partial charge on any atom is 0.255 e. The fourth-order valence-electron chi connectivity index (χ4n) is 2.50. The van der Waals surface area contributed by atoms with E-state index in [1.807, 2.05) is 30.3 Å². The molecule has 0 aliphatic rings. The Balaban J connectivity index is 1.78. The molecule has 0 unspecified atom stereocenters. The number of methoxy groups -OCH3 is 1. The number of rotatable bonds is 6. The standard InChI is InChI=1S/C21H17Cl2NO3/c1-26-20-10-7-14(11-15(20)13-27-17-5-3-2-4-6-17)21(25)24-19-9-8-16(22)12-18(19)23/h2-12H,13H2,1H3,(H,24,25). The highest BCUT2D eigenvalue weighted by Gasteiger charge is 2.13. The molecule has 0 atom stereocenters. The number of hydrogen-bond acceptors (Lipinski definition) is 3. The Bertz CT molecular complexity index is 945. The van der Waals surface area contributed by atoms with Crippen molar-refractivity contribution >= 4 is 34.8 Å². The van der Waals surface area contributed by atoms with Gasteiger partial charge in [0.1, 0.15) is 18.1 Å². The number of amides is 1. The van der Waals surface area contributed by atoms with Crippen molar-refractivity contribution in [3.63, 3.8) is 0 Å². The smallest absolute Gasteiger partial charge is 0.255 e. The number of hydrogen-bond donors (Lipinski definition) is 1. The van der Waals surface area contributed by atoms with Gasteiger partial charge in [-0.3, -0.25) is 4.79 Å². The number of carbonyl (C=O) groups excluding carboxylic acids is 1. The van der Waals surface area contributed by atoms with E-state index in [9.17, 15) is 4.79 Å². The zero-order chi connectivity index (χ0) is 19.2. The van der Waals surface area contributed by atoms with Gasteiger partial charge in [-0.1, -0.05) is 41.4 Å². The third-order valence-electron chi connectivity index (χ3n) is 3.86. The average Bonchev–Trinajstić information content (AvgIpc) is 2.69. The van der Waals surface area contributed by atoms with Crippen LogP contribution in [0.3, 0.4) is 0 Å². The van der Waals surface area contributed by atoms with Crippen molar-refractivity contribution in [2.45, 2.75) is 6.61 Å². The molecule has 0 saturated heterocycles. The van der Waals surface area contributed by atoms with Crippen molar-refractivity contribution in [1.82, 2.24) is 0 Å². The highest BCUT2D eigenvalue weighted by atomic mass is 35.5. The van der Waals surface area contributed by atoms with Gasteiger partial charge in [-0.2, -0.15) is 0 Å². The summed E-state index contributed by atoms with van der Waals surface area (Å²) in [6.45, 7) is 0.274. The zero-order valence-corrected chi connectivity index (χ0v) is 16.1. The SMILES string of the molecule is COc1ccc(C(=O)Nc2ccc(Cl)cc2Cl)cc1COc1ccccc1. The lowest BCUT2D eigenvalue weighted by atomic mass is 10.1. The minimum atomic E-state index is -0.289. The van der Waals surface area contributed by atoms with E-state index in [0.29, 0.717) is 27.0 Å². The molecular formula is C21H17Cl2NO3. The van der Waals surface area contributed by atoms with Crippen LogP contribution in [0.15, 0.2) is 66.7 Å². The number of nitrogens with one attached hydrogen (secondary N) is 1. The fourth-order valence-corrected chi connectivity index (χ4v) is 2.95. The molecule has 3 aromatic carbocycles. The molecule has 0 aliphatic heterocycles. The van der Waals surface area contributed by atoms with Gasteiger partial charge in [0.2, 0.25) is 0 Å². The van der Waals surface area contributed by atoms with E-state index in [1.54, 1.807) is 43.5 Å². The lowest BCUT2D eigenvalue weighted by Gasteiger charge is -2.13. The third-order valence-corrected chi connectivity index (χ3v) is 4.41. The van der Waals surface area contributed by atoms with Crippen LogP contribution in [0, 0.1) is 0 Å². The summed E-state index contributed by atoms with van der Waals surface area (Å²) in [6, 6.07) is 19.5. The topological polar surface area (TPSA) is 47.6 Å². The number of halogens is 2. The molecule has 1 amide bonds. The van der Waals surface area contributed by atoms with Crippen molar-refractivity contribution in [2.75, 3.05) is 12.4 Å². The first-order valence-corrected chi connectivity index (χ1v) is 8.93. The Morgan fingerprint density at radius 3 is 2.48 bits per heavy atom. The van der Waals surface area contributed by atoms with Crippen molar-refractivity contribution in [3.8, 4) is 11.5 Å². The summed E-state index contributed by atoms with van der Waals surface area (Å²) >= 11 is 12.0. The minimum Gasteiger partial charge on any atom is -0.496 e. The lowest BCUT2D eigenvalue weighted by Crippen LogP contribution is -2.13. The van der Waals surface area contributed by atoms with Crippen LogP contribution in [0.4, 0.5) is 5.69 Å². The summed E-state index contributed by atoms with van der Waals surface area (Å²) in [5.41, 5.74) is 1.72. The quantitative estimate of drug-likeness (QED) is 0.564. The number of ether oxygens (including phenoxy) is 2. The molecule has 0 bridgehead atoms. The Morgan fingerprint density at radius 2 is 1.78 bits per heavy atom. The Morgan fingerprint density at radius 1 is 1.00 bits per heavy atom. The first-order chi connectivity index (χ1) is 13.1. The molecule has 4 nitrogen and oxygen atoms in total. The summed E-state index contributed by atoms with van der Waals surface area (Å²) in [7, 11) is 1.58. The molecule has 138 valence electrons. The molecule has 0 saturated carbocycles. The van der Waals surface area contributed by atoms with Gasteiger partial charge in [0.25, 0.3) is 5.91 Å². The van der Waals surface area contributed by atoms with Crippen LogP contribution in [-0.4, -0.2) is 13.0 Å². The number of para-hydroxylation sites is 1. The summed E-state index contributed by atoms with van der Waals surface area (Å²) in [5.74, 6) is 1.09. The molecular weight excluding hydrogens is 385 g/mol. The Labute approximate surface area is 167 Å². The van der Waals surface area contributed by atoms with Crippen LogP contribution in [0.2, 0.25) is 10.0 Å². The molecule has 27 heavy (non-hydrogen) atoms. The van der Waals surface area contributed by atoms with Gasteiger partial charge in [-0.15, -0.1) is 0 Å². The lowest BCUT2D eigenvalue weighted by molar-refractivity contribution is 0.102. The largest absolute Gasteiger partial charge is 0.496 e. The summed E-state index contributed by atoms with van der Waals surface area (Å²) in [6.07, 6.45) is 0. The summed E-state index contributed by atoms with van der Waals surface area (Å²) in [4.78, 5) is 12.6. The van der Waals surface area contributed by atoms with Gasteiger partial charge < -0.3 is 14.8 Å². The van der Waals surface area contributed by atoms with Crippen molar-refractivity contribution in [2.24, 2.45) is 0 Å². The van der Waals surface area contributed by atoms with Gasteiger partial charge in [0.05, 0.1) is 17.8 Å². The Kier molecular flexibility index (Phi) is 6.22. The molecule has 0 aliphatic carbocycles. The first-order valence-electron chi connectivity index (χ1n) is 8.18. The normalized spacial score (nSPS) is 10.3. The molecule has 3 rings (SSSR count). The third kappa shape index (κ3) is 4.94. The van der Waals surface area contributed by atoms with Gasteiger partial charge >= 0.3 is 0 Å². The number of carbonyl (C=O) groups is 1. The van der Waals surface area contributed by atoms with E-state index >= 15 is 0 Å². The summed E-state index contributed by atoms with van der Waals surface area (Å²) < 4.78 is 11.1. The maximum atomic E-state index is 12.6. The van der Waals surface area contributed by atoms with Crippen molar-refractivity contribution in [3.05, 3.63) is 87.9 Å². The second kappa shape index (κ2) is 8.80. The molecule has 0 radical (unpaired) electrons. The second-order valence-electron chi connectivity index (χ2n) is 5.71. The number of anilines is 1. The van der Waals surface area contributed by atoms with E-state index in [4.69, 9.17) is 32.7 Å². The van der Waals surface area contributed by atoms with Gasteiger partial charge in [0.15, 0.2) is 0 Å². The molecule has 6 heteroatoms.